The maximum atomic E-state index is 12.5. The highest BCUT2D eigenvalue weighted by Gasteiger charge is 2.16. The van der Waals surface area contributed by atoms with E-state index < -0.39 is 30.1 Å². The van der Waals surface area contributed by atoms with E-state index >= 15 is 0 Å². The number of hydrogen-bond acceptors (Lipinski definition) is 2. The van der Waals surface area contributed by atoms with Crippen molar-refractivity contribution in [2.45, 2.75) is 18.2 Å². The molecule has 7 heteroatoms. The third-order valence-electron chi connectivity index (χ3n) is 1.94. The number of aromatic nitrogens is 1. The first-order chi connectivity index (χ1) is 7.45. The average molecular weight is 296 g/mol. The van der Waals surface area contributed by atoms with E-state index in [9.17, 15) is 18.4 Å². The number of H-pyrrole nitrogens is 1. The normalized spacial score (nSPS) is 10.8. The van der Waals surface area contributed by atoms with Gasteiger partial charge in [0.25, 0.3) is 12.0 Å². The average Bonchev–Trinajstić information content (AvgIpc) is 2.19. The Labute approximate surface area is 97.4 Å². The van der Waals surface area contributed by atoms with Crippen molar-refractivity contribution in [3.05, 3.63) is 33.2 Å². The summed E-state index contributed by atoms with van der Waals surface area (Å²) in [6, 6.07) is 1.18. The molecule has 0 aliphatic carbocycles. The first-order valence-corrected chi connectivity index (χ1v) is 5.38. The second kappa shape index (κ2) is 5.20. The van der Waals surface area contributed by atoms with Crippen molar-refractivity contribution in [1.82, 2.24) is 4.98 Å². The van der Waals surface area contributed by atoms with Crippen LogP contribution >= 0.6 is 15.9 Å². The molecule has 0 fully saturated rings. The van der Waals surface area contributed by atoms with E-state index in [-0.39, 0.29) is 16.5 Å². The van der Waals surface area contributed by atoms with Crippen LogP contribution in [-0.2, 0) is 16.5 Å². The molecule has 0 atom stereocenters. The number of carboxylic acids is 1. The molecule has 88 valence electrons. The Bertz CT molecular complexity index is 459. The Morgan fingerprint density at radius 2 is 2.12 bits per heavy atom. The summed E-state index contributed by atoms with van der Waals surface area (Å²) in [4.78, 5) is 23.7. The van der Waals surface area contributed by atoms with Gasteiger partial charge in [0, 0.05) is 10.9 Å². The van der Waals surface area contributed by atoms with Gasteiger partial charge in [-0.1, -0.05) is 15.9 Å². The van der Waals surface area contributed by atoms with Crippen LogP contribution in [0.5, 0.6) is 0 Å². The zero-order valence-electron chi connectivity index (χ0n) is 7.97. The van der Waals surface area contributed by atoms with Crippen LogP contribution in [0.1, 0.15) is 23.2 Å². The van der Waals surface area contributed by atoms with Crippen LogP contribution in [0, 0.1) is 0 Å². The zero-order chi connectivity index (χ0) is 12.3. The van der Waals surface area contributed by atoms with Crippen LogP contribution in [0.15, 0.2) is 10.9 Å². The van der Waals surface area contributed by atoms with Crippen molar-refractivity contribution in [3.8, 4) is 0 Å². The third-order valence-corrected chi connectivity index (χ3v) is 2.54. The minimum Gasteiger partial charge on any atom is -0.481 e. The van der Waals surface area contributed by atoms with Crippen LogP contribution in [0.25, 0.3) is 0 Å². The number of carboxylic acid groups (broad SMARTS) is 1. The second-order valence-electron chi connectivity index (χ2n) is 3.07. The Hall–Kier alpha value is -1.24. The third kappa shape index (κ3) is 2.88. The lowest BCUT2D eigenvalue weighted by Crippen LogP contribution is -2.19. The number of alkyl halides is 3. The monoisotopic (exact) mass is 295 g/mol. The number of rotatable bonds is 4. The fraction of sp³-hybridized carbons (Fsp3) is 0.333. The predicted molar refractivity (Wildman–Crippen MR) is 56.0 cm³/mol. The molecule has 4 nitrogen and oxygen atoms in total. The summed E-state index contributed by atoms with van der Waals surface area (Å²) in [5, 5.41) is 8.64. The van der Waals surface area contributed by atoms with Crippen LogP contribution in [-0.4, -0.2) is 16.1 Å². The van der Waals surface area contributed by atoms with E-state index in [1.807, 2.05) is 4.98 Å². The fourth-order valence-electron chi connectivity index (χ4n) is 1.24. The Balaban J connectivity index is 3.26. The van der Waals surface area contributed by atoms with E-state index in [1.165, 1.54) is 6.07 Å². The zero-order valence-corrected chi connectivity index (χ0v) is 9.55. The van der Waals surface area contributed by atoms with E-state index in [4.69, 9.17) is 5.11 Å². The van der Waals surface area contributed by atoms with E-state index in [0.717, 1.165) is 0 Å². The molecule has 1 heterocycles. The molecule has 1 aromatic rings. The topological polar surface area (TPSA) is 70.2 Å². The summed E-state index contributed by atoms with van der Waals surface area (Å²) in [5.74, 6) is -1.18. The summed E-state index contributed by atoms with van der Waals surface area (Å²) >= 11 is 3.00. The molecule has 2 N–H and O–H groups in total. The van der Waals surface area contributed by atoms with E-state index in [0.29, 0.717) is 0 Å². The predicted octanol–water partition coefficient (Wildman–Crippen LogP) is 1.83. The number of aliphatic carboxylic acids is 1. The summed E-state index contributed by atoms with van der Waals surface area (Å²) in [6.07, 6.45) is -3.28. The molecule has 0 aromatic carbocycles. The Morgan fingerprint density at radius 3 is 2.56 bits per heavy atom. The van der Waals surface area contributed by atoms with Crippen molar-refractivity contribution in [3.63, 3.8) is 0 Å². The van der Waals surface area contributed by atoms with E-state index in [1.54, 1.807) is 0 Å². The first-order valence-electron chi connectivity index (χ1n) is 4.26. The summed E-state index contributed by atoms with van der Waals surface area (Å²) in [6.45, 7) is 0. The van der Waals surface area contributed by atoms with Gasteiger partial charge in [0.1, 0.15) is 0 Å². The van der Waals surface area contributed by atoms with Gasteiger partial charge in [-0.3, -0.25) is 9.59 Å². The number of carbonyl (C=O) groups is 1. The van der Waals surface area contributed by atoms with Gasteiger partial charge < -0.3 is 10.1 Å². The van der Waals surface area contributed by atoms with Crippen molar-refractivity contribution < 1.29 is 18.7 Å². The molecule has 0 saturated carbocycles. The number of pyridine rings is 1. The van der Waals surface area contributed by atoms with Crippen LogP contribution in [0.3, 0.4) is 0 Å². The van der Waals surface area contributed by atoms with Crippen molar-refractivity contribution in [2.75, 3.05) is 0 Å². The Kier molecular flexibility index (Phi) is 4.17. The van der Waals surface area contributed by atoms with Crippen molar-refractivity contribution in [2.24, 2.45) is 0 Å². The van der Waals surface area contributed by atoms with Gasteiger partial charge in [0.15, 0.2) is 0 Å². The smallest absolute Gasteiger partial charge is 0.308 e. The highest BCUT2D eigenvalue weighted by molar-refractivity contribution is 9.08. The molecule has 0 aliphatic rings. The SMILES string of the molecule is O=C(O)Cc1cc(CBr)c(C(F)F)[nH]c1=O. The fourth-order valence-corrected chi connectivity index (χ4v) is 1.70. The molecule has 0 unspecified atom stereocenters. The number of nitrogens with one attached hydrogen (secondary N) is 1. The minimum absolute atomic E-state index is 0.0358. The number of halogens is 3. The second-order valence-corrected chi connectivity index (χ2v) is 3.63. The summed E-state index contributed by atoms with van der Waals surface area (Å²) in [7, 11) is 0. The van der Waals surface area contributed by atoms with Gasteiger partial charge in [-0.25, -0.2) is 8.78 Å². The maximum Gasteiger partial charge on any atom is 0.308 e. The quantitative estimate of drug-likeness (QED) is 0.833. The Morgan fingerprint density at radius 1 is 1.50 bits per heavy atom. The molecule has 0 bridgehead atoms. The van der Waals surface area contributed by atoms with Crippen LogP contribution in [0.4, 0.5) is 8.78 Å². The lowest BCUT2D eigenvalue weighted by Gasteiger charge is -2.07. The van der Waals surface area contributed by atoms with Crippen LogP contribution in [0.2, 0.25) is 0 Å². The number of aromatic amines is 1. The van der Waals surface area contributed by atoms with Gasteiger partial charge in [-0.2, -0.15) is 0 Å². The standard InChI is InChI=1S/C9H8BrF2NO3/c10-3-5-1-4(2-6(14)15)9(16)13-7(5)8(11)12/h1,8H,2-3H2,(H,13,16)(H,14,15). The summed E-state index contributed by atoms with van der Waals surface area (Å²) in [5.41, 5.74) is -1.12. The largest absolute Gasteiger partial charge is 0.481 e. The van der Waals surface area contributed by atoms with Gasteiger partial charge in [-0.05, 0) is 11.6 Å². The molecule has 0 radical (unpaired) electrons. The molecule has 0 amide bonds. The molecular formula is C9H8BrF2NO3. The molecule has 1 rings (SSSR count). The van der Waals surface area contributed by atoms with Gasteiger partial charge in [-0.15, -0.1) is 0 Å². The molecule has 16 heavy (non-hydrogen) atoms. The van der Waals surface area contributed by atoms with Crippen molar-refractivity contribution in [1.29, 1.82) is 0 Å². The van der Waals surface area contributed by atoms with Gasteiger partial charge >= 0.3 is 5.97 Å². The van der Waals surface area contributed by atoms with Crippen molar-refractivity contribution >= 4 is 21.9 Å². The lowest BCUT2D eigenvalue weighted by molar-refractivity contribution is -0.136. The maximum absolute atomic E-state index is 12.5. The highest BCUT2D eigenvalue weighted by Crippen LogP contribution is 2.21. The van der Waals surface area contributed by atoms with Crippen LogP contribution < -0.4 is 5.56 Å². The van der Waals surface area contributed by atoms with E-state index in [2.05, 4.69) is 15.9 Å². The number of hydrogen-bond donors (Lipinski definition) is 2. The molecule has 0 spiro atoms. The molecule has 0 saturated heterocycles. The van der Waals surface area contributed by atoms with Gasteiger partial charge in [0.05, 0.1) is 12.1 Å². The highest BCUT2D eigenvalue weighted by atomic mass is 79.9. The molecule has 1 aromatic heterocycles. The molecule has 0 aliphatic heterocycles. The first kappa shape index (κ1) is 12.8. The minimum atomic E-state index is -2.79. The lowest BCUT2D eigenvalue weighted by atomic mass is 10.1. The molecular weight excluding hydrogens is 288 g/mol. The summed E-state index contributed by atoms with van der Waals surface area (Å²) < 4.78 is 25.0. The van der Waals surface area contributed by atoms with Gasteiger partial charge in [0.2, 0.25) is 0 Å².